The van der Waals surface area contributed by atoms with Crippen LogP contribution in [0.2, 0.25) is 0 Å². The first-order valence-corrected chi connectivity index (χ1v) is 9.94. The predicted octanol–water partition coefficient (Wildman–Crippen LogP) is 4.20. The van der Waals surface area contributed by atoms with Gasteiger partial charge in [0.1, 0.15) is 11.6 Å². The van der Waals surface area contributed by atoms with Gasteiger partial charge >= 0.3 is 0 Å². The topological polar surface area (TPSA) is 49.4 Å². The van der Waals surface area contributed by atoms with Crippen molar-refractivity contribution in [2.75, 3.05) is 30.4 Å². The summed E-state index contributed by atoms with van der Waals surface area (Å²) in [7, 11) is 1.66. The van der Waals surface area contributed by atoms with Crippen molar-refractivity contribution < 1.29 is 4.74 Å². The molecule has 1 aliphatic rings. The number of piperidine rings is 1. The van der Waals surface area contributed by atoms with Gasteiger partial charge < -0.3 is 20.3 Å². The van der Waals surface area contributed by atoms with Gasteiger partial charge in [0.2, 0.25) is 0 Å². The zero-order chi connectivity index (χ0) is 19.3. The maximum atomic E-state index is 5.49. The molecule has 0 spiro atoms. The third kappa shape index (κ3) is 4.17. The van der Waals surface area contributed by atoms with Crippen LogP contribution in [0.15, 0.2) is 60.8 Å². The molecule has 1 aliphatic heterocycles. The Bertz CT molecular complexity index is 964. The molecule has 0 atom stereocenters. The second-order valence-corrected chi connectivity index (χ2v) is 7.36. The maximum Gasteiger partial charge on any atom is 0.170 e. The Morgan fingerprint density at radius 2 is 1.93 bits per heavy atom. The van der Waals surface area contributed by atoms with E-state index < -0.39 is 0 Å². The van der Waals surface area contributed by atoms with E-state index in [1.54, 1.807) is 7.11 Å². The van der Waals surface area contributed by atoms with Gasteiger partial charge in [-0.25, -0.2) is 4.98 Å². The molecule has 3 aromatic rings. The number of ether oxygens (including phenoxy) is 1. The molecule has 0 unspecified atom stereocenters. The molecule has 6 heteroatoms. The summed E-state index contributed by atoms with van der Waals surface area (Å²) in [5.41, 5.74) is 0.925. The van der Waals surface area contributed by atoms with Gasteiger partial charge in [0.25, 0.3) is 0 Å². The Kier molecular flexibility index (Phi) is 5.58. The number of hydrogen-bond acceptors (Lipinski definition) is 4. The highest BCUT2D eigenvalue weighted by Gasteiger charge is 2.21. The Balaban J connectivity index is 1.34. The van der Waals surface area contributed by atoms with Crippen molar-refractivity contribution in [3.05, 3.63) is 60.8 Å². The number of methoxy groups -OCH3 is 1. The number of anilines is 2. The molecule has 0 amide bonds. The molecule has 4 rings (SSSR count). The summed E-state index contributed by atoms with van der Waals surface area (Å²) >= 11 is 5.49. The summed E-state index contributed by atoms with van der Waals surface area (Å²) in [6.45, 7) is 1.92. The molecule has 2 heterocycles. The molecule has 2 N–H and O–H groups in total. The molecular weight excluding hydrogens is 368 g/mol. The first-order valence-electron chi connectivity index (χ1n) is 9.53. The Hall–Kier alpha value is -2.86. The Morgan fingerprint density at radius 3 is 2.75 bits per heavy atom. The number of rotatable bonds is 4. The van der Waals surface area contributed by atoms with Gasteiger partial charge in [-0.15, -0.1) is 0 Å². The lowest BCUT2D eigenvalue weighted by molar-refractivity contribution is 0.415. The van der Waals surface area contributed by atoms with Crippen molar-refractivity contribution in [1.82, 2.24) is 10.3 Å². The van der Waals surface area contributed by atoms with E-state index in [1.165, 1.54) is 10.8 Å². The standard InChI is InChI=1S/C22H24N4OS/c1-27-19-7-4-6-18(15-19)25-22(28)24-17-10-13-26(14-11-17)21-20-8-3-2-5-16(20)9-12-23-21/h2-9,12,15,17H,10-11,13-14H2,1H3,(H2,24,25,28). The second kappa shape index (κ2) is 8.44. The van der Waals surface area contributed by atoms with Crippen molar-refractivity contribution in [3.63, 3.8) is 0 Å². The van der Waals surface area contributed by atoms with Crippen molar-refractivity contribution >= 4 is 39.6 Å². The van der Waals surface area contributed by atoms with E-state index in [0.29, 0.717) is 11.2 Å². The zero-order valence-electron chi connectivity index (χ0n) is 15.9. The van der Waals surface area contributed by atoms with Gasteiger partial charge in [-0.1, -0.05) is 30.3 Å². The van der Waals surface area contributed by atoms with Crippen molar-refractivity contribution in [1.29, 1.82) is 0 Å². The molecule has 0 bridgehead atoms. The van der Waals surface area contributed by atoms with Crippen LogP contribution in [-0.4, -0.2) is 36.3 Å². The van der Waals surface area contributed by atoms with E-state index in [9.17, 15) is 0 Å². The Labute approximate surface area is 170 Å². The van der Waals surface area contributed by atoms with E-state index >= 15 is 0 Å². The van der Waals surface area contributed by atoms with Crippen molar-refractivity contribution in [2.24, 2.45) is 0 Å². The minimum Gasteiger partial charge on any atom is -0.497 e. The number of hydrogen-bond donors (Lipinski definition) is 2. The highest BCUT2D eigenvalue weighted by Crippen LogP contribution is 2.26. The third-order valence-electron chi connectivity index (χ3n) is 5.11. The van der Waals surface area contributed by atoms with Gasteiger partial charge in [-0.3, -0.25) is 0 Å². The largest absolute Gasteiger partial charge is 0.497 e. The van der Waals surface area contributed by atoms with Gasteiger partial charge in [-0.05, 0) is 48.6 Å². The average molecular weight is 393 g/mol. The highest BCUT2D eigenvalue weighted by molar-refractivity contribution is 7.80. The molecule has 2 aromatic carbocycles. The van der Waals surface area contributed by atoms with Crippen LogP contribution >= 0.6 is 12.2 Å². The van der Waals surface area contributed by atoms with Gasteiger partial charge in [0.15, 0.2) is 5.11 Å². The summed E-state index contributed by atoms with van der Waals surface area (Å²) in [5, 5.41) is 9.79. The molecule has 1 saturated heterocycles. The number of thiocarbonyl (C=S) groups is 1. The summed E-state index contributed by atoms with van der Waals surface area (Å²) in [5.74, 6) is 1.89. The van der Waals surface area contributed by atoms with E-state index in [0.717, 1.165) is 43.2 Å². The van der Waals surface area contributed by atoms with E-state index in [4.69, 9.17) is 17.0 Å². The van der Waals surface area contributed by atoms with Gasteiger partial charge in [-0.2, -0.15) is 0 Å². The molecule has 1 aromatic heterocycles. The molecule has 0 aliphatic carbocycles. The van der Waals surface area contributed by atoms with Crippen LogP contribution < -0.4 is 20.3 Å². The highest BCUT2D eigenvalue weighted by atomic mass is 32.1. The third-order valence-corrected chi connectivity index (χ3v) is 5.33. The first-order chi connectivity index (χ1) is 13.7. The van der Waals surface area contributed by atoms with E-state index in [2.05, 4.69) is 50.8 Å². The second-order valence-electron chi connectivity index (χ2n) is 6.95. The Morgan fingerprint density at radius 1 is 1.11 bits per heavy atom. The molecule has 144 valence electrons. The van der Waals surface area contributed by atoms with Crippen LogP contribution in [0, 0.1) is 0 Å². The lowest BCUT2D eigenvalue weighted by atomic mass is 10.0. The fourth-order valence-electron chi connectivity index (χ4n) is 3.64. The monoisotopic (exact) mass is 392 g/mol. The SMILES string of the molecule is COc1cccc(NC(=S)NC2CCN(c3nccc4ccccc34)CC2)c1. The molecule has 28 heavy (non-hydrogen) atoms. The molecule has 5 nitrogen and oxygen atoms in total. The quantitative estimate of drug-likeness (QED) is 0.649. The molecule has 0 saturated carbocycles. The molecule has 1 fully saturated rings. The van der Waals surface area contributed by atoms with E-state index in [1.807, 2.05) is 30.5 Å². The first kappa shape index (κ1) is 18.5. The summed E-state index contributed by atoms with van der Waals surface area (Å²) < 4.78 is 5.26. The summed E-state index contributed by atoms with van der Waals surface area (Å²) in [6.07, 6.45) is 3.94. The van der Waals surface area contributed by atoms with Crippen LogP contribution in [0.1, 0.15) is 12.8 Å². The van der Waals surface area contributed by atoms with E-state index in [-0.39, 0.29) is 0 Å². The minimum atomic E-state index is 0.358. The average Bonchev–Trinajstić information content (AvgIpc) is 2.74. The van der Waals surface area contributed by atoms with Gasteiger partial charge in [0, 0.05) is 42.5 Å². The summed E-state index contributed by atoms with van der Waals surface area (Å²) in [6, 6.07) is 18.6. The number of aromatic nitrogens is 1. The number of pyridine rings is 1. The minimum absolute atomic E-state index is 0.358. The summed E-state index contributed by atoms with van der Waals surface area (Å²) in [4.78, 5) is 7.02. The normalized spacial score (nSPS) is 14.7. The van der Waals surface area contributed by atoms with Crippen molar-refractivity contribution in [2.45, 2.75) is 18.9 Å². The zero-order valence-corrected chi connectivity index (χ0v) is 16.7. The van der Waals surface area contributed by atoms with Crippen LogP contribution in [0.4, 0.5) is 11.5 Å². The molecular formula is C22H24N4OS. The van der Waals surface area contributed by atoms with Crippen LogP contribution in [0.25, 0.3) is 10.8 Å². The fraction of sp³-hybridized carbons (Fsp3) is 0.273. The molecule has 0 radical (unpaired) electrons. The predicted molar refractivity (Wildman–Crippen MR) is 119 cm³/mol. The van der Waals surface area contributed by atoms with Gasteiger partial charge in [0.05, 0.1) is 7.11 Å². The van der Waals surface area contributed by atoms with Crippen molar-refractivity contribution in [3.8, 4) is 5.75 Å². The number of benzene rings is 2. The van der Waals surface area contributed by atoms with Crippen LogP contribution in [0.5, 0.6) is 5.75 Å². The lowest BCUT2D eigenvalue weighted by Crippen LogP contribution is -2.46. The van der Waals surface area contributed by atoms with Crippen LogP contribution in [0.3, 0.4) is 0 Å². The lowest BCUT2D eigenvalue weighted by Gasteiger charge is -2.34. The number of fused-ring (bicyclic) bond motifs is 1. The fourth-order valence-corrected chi connectivity index (χ4v) is 3.93. The smallest absolute Gasteiger partial charge is 0.170 e. The number of nitrogens with one attached hydrogen (secondary N) is 2. The maximum absolute atomic E-state index is 5.49. The van der Waals surface area contributed by atoms with Crippen LogP contribution in [-0.2, 0) is 0 Å². The number of nitrogens with zero attached hydrogens (tertiary/aromatic N) is 2.